The highest BCUT2D eigenvalue weighted by Crippen LogP contribution is 2.09. The van der Waals surface area contributed by atoms with E-state index in [-0.39, 0.29) is 6.54 Å². The van der Waals surface area contributed by atoms with Crippen molar-refractivity contribution in [1.82, 2.24) is 5.32 Å². The van der Waals surface area contributed by atoms with Crippen molar-refractivity contribution >= 4 is 17.5 Å². The monoisotopic (exact) mass is 242 g/mol. The smallest absolute Gasteiger partial charge is 0.255 e. The minimum absolute atomic E-state index is 0.208. The molecule has 0 saturated carbocycles. The predicted octanol–water partition coefficient (Wildman–Crippen LogP) is 1.18. The second-order valence-electron chi connectivity index (χ2n) is 3.29. The summed E-state index contributed by atoms with van der Waals surface area (Å²) >= 11 is 0. The van der Waals surface area contributed by atoms with Crippen LogP contribution in [0.25, 0.3) is 0 Å². The minimum Gasteiger partial charge on any atom is -0.350 e. The van der Waals surface area contributed by atoms with Gasteiger partial charge in [0.25, 0.3) is 11.8 Å². The number of halogens is 2. The maximum absolute atomic E-state index is 11.9. The summed E-state index contributed by atoms with van der Waals surface area (Å²) < 4.78 is 23.7. The molecule has 17 heavy (non-hydrogen) atoms. The van der Waals surface area contributed by atoms with Crippen LogP contribution in [0.15, 0.2) is 24.3 Å². The van der Waals surface area contributed by atoms with E-state index in [4.69, 9.17) is 0 Å². The Balaban J connectivity index is 2.50. The van der Waals surface area contributed by atoms with Crippen LogP contribution in [0.5, 0.6) is 0 Å². The summed E-state index contributed by atoms with van der Waals surface area (Å²) in [4.78, 5) is 21.4. The molecule has 0 aliphatic carbocycles. The van der Waals surface area contributed by atoms with Gasteiger partial charge in [-0.1, -0.05) is 12.1 Å². The maximum Gasteiger partial charge on any atom is 0.255 e. The lowest BCUT2D eigenvalue weighted by molar-refractivity contribution is -0.122. The molecular weight excluding hydrogens is 230 g/mol. The first kappa shape index (κ1) is 13.1. The number of hydrogen-bond acceptors (Lipinski definition) is 2. The fourth-order valence-electron chi connectivity index (χ4n) is 1.15. The number of carbonyl (C=O) groups excluding carboxylic acids is 2. The zero-order valence-corrected chi connectivity index (χ0v) is 9.00. The largest absolute Gasteiger partial charge is 0.350 e. The molecule has 92 valence electrons. The Bertz CT molecular complexity index is 393. The Labute approximate surface area is 97.0 Å². The summed E-state index contributed by atoms with van der Waals surface area (Å²) in [5.41, 5.74) is 1.22. The molecule has 0 atom stereocenters. The molecule has 0 radical (unpaired) electrons. The van der Waals surface area contributed by atoms with Gasteiger partial charge in [0.1, 0.15) is 0 Å². The van der Waals surface area contributed by atoms with Gasteiger partial charge in [0.15, 0.2) is 13.3 Å². The molecule has 1 rings (SSSR count). The topological polar surface area (TPSA) is 58.2 Å². The average Bonchev–Trinajstić information content (AvgIpc) is 2.37. The van der Waals surface area contributed by atoms with Gasteiger partial charge in [-0.25, -0.2) is 8.78 Å². The van der Waals surface area contributed by atoms with Crippen LogP contribution in [0.3, 0.4) is 0 Å². The molecule has 6 heteroatoms. The van der Waals surface area contributed by atoms with Gasteiger partial charge in [0.2, 0.25) is 0 Å². The SMILES string of the molecule is O=C(CF)NCc1ccc(NC(=O)CF)cc1. The fourth-order valence-corrected chi connectivity index (χ4v) is 1.15. The molecule has 0 spiro atoms. The van der Waals surface area contributed by atoms with Gasteiger partial charge in [-0.2, -0.15) is 0 Å². The van der Waals surface area contributed by atoms with Crippen molar-refractivity contribution < 1.29 is 18.4 Å². The molecule has 0 aliphatic heterocycles. The molecule has 0 heterocycles. The summed E-state index contributed by atoms with van der Waals surface area (Å²) in [6, 6.07) is 6.44. The molecule has 2 amide bonds. The van der Waals surface area contributed by atoms with Gasteiger partial charge in [0.05, 0.1) is 0 Å². The maximum atomic E-state index is 11.9. The third-order valence-electron chi connectivity index (χ3n) is 1.97. The van der Waals surface area contributed by atoms with Crippen LogP contribution in [0.1, 0.15) is 5.56 Å². The van der Waals surface area contributed by atoms with Gasteiger partial charge in [-0.3, -0.25) is 9.59 Å². The molecule has 0 unspecified atom stereocenters. The Morgan fingerprint density at radius 1 is 1.00 bits per heavy atom. The minimum atomic E-state index is -1.08. The molecule has 1 aromatic rings. The van der Waals surface area contributed by atoms with Crippen LogP contribution in [0.2, 0.25) is 0 Å². The summed E-state index contributed by atoms with van der Waals surface area (Å²) in [7, 11) is 0. The van der Waals surface area contributed by atoms with Crippen molar-refractivity contribution in [3.63, 3.8) is 0 Å². The number of hydrogen-bond donors (Lipinski definition) is 2. The van der Waals surface area contributed by atoms with Crippen molar-refractivity contribution in [2.24, 2.45) is 0 Å². The second-order valence-corrected chi connectivity index (χ2v) is 3.29. The molecule has 2 N–H and O–H groups in total. The Hall–Kier alpha value is -1.98. The van der Waals surface area contributed by atoms with E-state index in [1.54, 1.807) is 24.3 Å². The van der Waals surface area contributed by atoms with Crippen LogP contribution in [0, 0.1) is 0 Å². The van der Waals surface area contributed by atoms with Gasteiger partial charge in [-0.05, 0) is 17.7 Å². The zero-order chi connectivity index (χ0) is 12.7. The van der Waals surface area contributed by atoms with E-state index in [1.165, 1.54) is 0 Å². The Morgan fingerprint density at radius 2 is 1.59 bits per heavy atom. The highest BCUT2D eigenvalue weighted by Gasteiger charge is 2.02. The molecule has 1 aromatic carbocycles. The fraction of sp³-hybridized carbons (Fsp3) is 0.273. The van der Waals surface area contributed by atoms with Crippen LogP contribution >= 0.6 is 0 Å². The van der Waals surface area contributed by atoms with Gasteiger partial charge < -0.3 is 10.6 Å². The molecule has 0 fully saturated rings. The summed E-state index contributed by atoms with van der Waals surface area (Å²) in [5.74, 6) is -1.40. The standard InChI is InChI=1S/C11H12F2N2O2/c12-5-10(16)14-7-8-1-3-9(4-2-8)15-11(17)6-13/h1-4H,5-7H2,(H,14,16)(H,15,17). The van der Waals surface area contributed by atoms with E-state index in [0.29, 0.717) is 5.69 Å². The number of amides is 2. The van der Waals surface area contributed by atoms with Crippen molar-refractivity contribution in [2.45, 2.75) is 6.54 Å². The van der Waals surface area contributed by atoms with E-state index in [1.807, 2.05) is 0 Å². The second kappa shape index (κ2) is 6.57. The number of alkyl halides is 2. The number of anilines is 1. The third kappa shape index (κ3) is 4.58. The Kier molecular flexibility index (Phi) is 5.06. The number of benzene rings is 1. The first-order chi connectivity index (χ1) is 8.15. The predicted molar refractivity (Wildman–Crippen MR) is 58.9 cm³/mol. The van der Waals surface area contributed by atoms with Crippen molar-refractivity contribution in [2.75, 3.05) is 18.7 Å². The average molecular weight is 242 g/mol. The normalized spacial score (nSPS) is 9.76. The van der Waals surface area contributed by atoms with Crippen molar-refractivity contribution in [3.8, 4) is 0 Å². The van der Waals surface area contributed by atoms with Gasteiger partial charge in [-0.15, -0.1) is 0 Å². The van der Waals surface area contributed by atoms with Crippen LogP contribution in [0.4, 0.5) is 14.5 Å². The molecule has 0 saturated heterocycles. The molecular formula is C11H12F2N2O2. The number of carbonyl (C=O) groups is 2. The summed E-state index contributed by atoms with van der Waals surface area (Å²) in [6.07, 6.45) is 0. The first-order valence-corrected chi connectivity index (χ1v) is 4.93. The highest BCUT2D eigenvalue weighted by atomic mass is 19.1. The number of nitrogens with one attached hydrogen (secondary N) is 2. The van der Waals surface area contributed by atoms with E-state index >= 15 is 0 Å². The lowest BCUT2D eigenvalue weighted by Gasteiger charge is -2.05. The highest BCUT2D eigenvalue weighted by molar-refractivity contribution is 5.91. The van der Waals surface area contributed by atoms with Crippen LogP contribution < -0.4 is 10.6 Å². The molecule has 0 aliphatic rings. The van der Waals surface area contributed by atoms with Crippen LogP contribution in [-0.2, 0) is 16.1 Å². The number of rotatable bonds is 5. The van der Waals surface area contributed by atoms with E-state index < -0.39 is 25.2 Å². The van der Waals surface area contributed by atoms with E-state index in [0.717, 1.165) is 5.56 Å². The van der Waals surface area contributed by atoms with Crippen LogP contribution in [-0.4, -0.2) is 25.2 Å². The summed E-state index contributed by atoms with van der Waals surface area (Å²) in [5, 5.41) is 4.69. The van der Waals surface area contributed by atoms with E-state index in [2.05, 4.69) is 10.6 Å². The third-order valence-corrected chi connectivity index (χ3v) is 1.97. The van der Waals surface area contributed by atoms with Gasteiger partial charge >= 0.3 is 0 Å². The first-order valence-electron chi connectivity index (χ1n) is 4.93. The quantitative estimate of drug-likeness (QED) is 0.814. The zero-order valence-electron chi connectivity index (χ0n) is 9.00. The molecule has 0 aromatic heterocycles. The summed E-state index contributed by atoms with van der Waals surface area (Å²) in [6.45, 7) is -1.92. The van der Waals surface area contributed by atoms with Crippen molar-refractivity contribution in [3.05, 3.63) is 29.8 Å². The van der Waals surface area contributed by atoms with Crippen molar-refractivity contribution in [1.29, 1.82) is 0 Å². The lowest BCUT2D eigenvalue weighted by atomic mass is 10.2. The van der Waals surface area contributed by atoms with E-state index in [9.17, 15) is 18.4 Å². The lowest BCUT2D eigenvalue weighted by Crippen LogP contribution is -2.23. The Morgan fingerprint density at radius 3 is 2.12 bits per heavy atom. The molecule has 0 bridgehead atoms. The van der Waals surface area contributed by atoms with Gasteiger partial charge in [0, 0.05) is 12.2 Å². The molecule has 4 nitrogen and oxygen atoms in total.